The number of aliphatic carboxylic acids is 1. The first-order chi connectivity index (χ1) is 8.56. The van der Waals surface area contributed by atoms with E-state index >= 15 is 0 Å². The summed E-state index contributed by atoms with van der Waals surface area (Å²) in [5.74, 6) is 0.140. The lowest BCUT2D eigenvalue weighted by Gasteiger charge is -2.57. The Labute approximate surface area is 110 Å². The predicted octanol–water partition coefficient (Wildman–Crippen LogP) is 2.90. The molecule has 3 rings (SSSR count). The van der Waals surface area contributed by atoms with Gasteiger partial charge in [-0.1, -0.05) is 19.8 Å². The van der Waals surface area contributed by atoms with Crippen LogP contribution in [0.25, 0.3) is 0 Å². The number of nitrogens with zero attached hydrogens (tertiary/aromatic N) is 1. The minimum absolute atomic E-state index is 0.505. The Morgan fingerprint density at radius 3 is 2.17 bits per heavy atom. The van der Waals surface area contributed by atoms with Gasteiger partial charge in [-0.2, -0.15) is 0 Å². The number of hydrogen-bond acceptors (Lipinski definition) is 2. The molecular formula is C15H25NO2. The highest BCUT2D eigenvalue weighted by atomic mass is 16.4. The fraction of sp³-hybridized carbons (Fsp3) is 0.933. The topological polar surface area (TPSA) is 40.5 Å². The first-order valence-electron chi connectivity index (χ1n) is 7.55. The van der Waals surface area contributed by atoms with E-state index in [0.717, 1.165) is 38.8 Å². The van der Waals surface area contributed by atoms with Gasteiger partial charge in [-0.25, -0.2) is 0 Å². The summed E-state index contributed by atoms with van der Waals surface area (Å²) in [6, 6.07) is 0. The van der Waals surface area contributed by atoms with Gasteiger partial charge in [-0.05, 0) is 49.9 Å². The smallest absolute Gasteiger partial charge is 0.324 e. The molecule has 102 valence electrons. The van der Waals surface area contributed by atoms with E-state index in [4.69, 9.17) is 0 Å². The van der Waals surface area contributed by atoms with Crippen LogP contribution < -0.4 is 0 Å². The minimum atomic E-state index is -0.567. The van der Waals surface area contributed by atoms with E-state index in [1.54, 1.807) is 0 Å². The van der Waals surface area contributed by atoms with E-state index in [1.807, 2.05) is 0 Å². The molecule has 0 aromatic carbocycles. The molecule has 1 saturated heterocycles. The fourth-order valence-electron chi connectivity index (χ4n) is 4.41. The van der Waals surface area contributed by atoms with E-state index in [0.29, 0.717) is 11.3 Å². The minimum Gasteiger partial charge on any atom is -0.480 e. The molecule has 1 heterocycles. The highest BCUT2D eigenvalue weighted by molar-refractivity contribution is 5.79. The van der Waals surface area contributed by atoms with Crippen molar-refractivity contribution in [3.8, 4) is 0 Å². The Bertz CT molecular complexity index is 330. The van der Waals surface area contributed by atoms with Crippen molar-refractivity contribution in [1.82, 2.24) is 4.90 Å². The molecule has 1 aliphatic heterocycles. The van der Waals surface area contributed by atoms with Crippen LogP contribution in [-0.4, -0.2) is 34.6 Å². The van der Waals surface area contributed by atoms with Crippen LogP contribution in [0, 0.1) is 11.3 Å². The van der Waals surface area contributed by atoms with Crippen LogP contribution in [0.5, 0.6) is 0 Å². The Kier molecular flexibility index (Phi) is 2.92. The third-order valence-corrected chi connectivity index (χ3v) is 5.82. The zero-order valence-corrected chi connectivity index (χ0v) is 11.5. The highest BCUT2D eigenvalue weighted by Gasteiger charge is 2.55. The van der Waals surface area contributed by atoms with Crippen LogP contribution in [0.15, 0.2) is 0 Å². The largest absolute Gasteiger partial charge is 0.480 e. The van der Waals surface area contributed by atoms with Crippen LogP contribution >= 0.6 is 0 Å². The third kappa shape index (κ3) is 1.78. The van der Waals surface area contributed by atoms with E-state index < -0.39 is 11.5 Å². The van der Waals surface area contributed by atoms with Gasteiger partial charge in [0, 0.05) is 13.1 Å². The maximum Gasteiger partial charge on any atom is 0.324 e. The highest BCUT2D eigenvalue weighted by Crippen LogP contribution is 2.50. The van der Waals surface area contributed by atoms with Crippen molar-refractivity contribution in [2.24, 2.45) is 11.3 Å². The van der Waals surface area contributed by atoms with E-state index in [-0.39, 0.29) is 0 Å². The second kappa shape index (κ2) is 4.22. The standard InChI is InChI=1S/C15H25NO2/c1-12-4-8-15(9-5-12,13(17)18)16-10-14(11-16)6-2-3-7-14/h12H,2-11H2,1H3,(H,17,18). The average Bonchev–Trinajstić information content (AvgIpc) is 2.77. The molecule has 18 heavy (non-hydrogen) atoms. The summed E-state index contributed by atoms with van der Waals surface area (Å²) in [5.41, 5.74) is -0.00807. The van der Waals surface area contributed by atoms with Gasteiger partial charge < -0.3 is 5.11 Å². The van der Waals surface area contributed by atoms with Crippen molar-refractivity contribution in [3.63, 3.8) is 0 Å². The Hall–Kier alpha value is -0.570. The van der Waals surface area contributed by atoms with Crippen LogP contribution in [0.3, 0.4) is 0 Å². The number of carboxylic acid groups (broad SMARTS) is 1. The quantitative estimate of drug-likeness (QED) is 0.820. The lowest BCUT2D eigenvalue weighted by atomic mass is 9.69. The van der Waals surface area contributed by atoms with Gasteiger partial charge in [-0.15, -0.1) is 0 Å². The summed E-state index contributed by atoms with van der Waals surface area (Å²) in [6.07, 6.45) is 9.24. The molecule has 0 unspecified atom stereocenters. The van der Waals surface area contributed by atoms with E-state index in [9.17, 15) is 9.90 Å². The molecule has 2 saturated carbocycles. The Morgan fingerprint density at radius 2 is 1.67 bits per heavy atom. The first-order valence-corrected chi connectivity index (χ1v) is 7.55. The lowest BCUT2D eigenvalue weighted by molar-refractivity contribution is -0.168. The molecule has 0 amide bonds. The lowest BCUT2D eigenvalue weighted by Crippen LogP contribution is -2.68. The second-order valence-corrected chi connectivity index (χ2v) is 7.08. The molecule has 3 fully saturated rings. The van der Waals surface area contributed by atoms with Gasteiger partial charge in [0.05, 0.1) is 0 Å². The summed E-state index contributed by atoms with van der Waals surface area (Å²) < 4.78 is 0. The SMILES string of the molecule is CC1CCC(C(=O)O)(N2CC3(CCCC3)C2)CC1. The maximum absolute atomic E-state index is 11.8. The van der Waals surface area contributed by atoms with Crippen LogP contribution in [0.1, 0.15) is 58.3 Å². The van der Waals surface area contributed by atoms with Gasteiger partial charge in [0.2, 0.25) is 0 Å². The molecule has 0 aromatic heterocycles. The van der Waals surface area contributed by atoms with Crippen molar-refractivity contribution in [2.75, 3.05) is 13.1 Å². The van der Waals surface area contributed by atoms with Crippen molar-refractivity contribution in [3.05, 3.63) is 0 Å². The Balaban J connectivity index is 1.70. The molecule has 3 nitrogen and oxygen atoms in total. The third-order valence-electron chi connectivity index (χ3n) is 5.82. The summed E-state index contributed by atoms with van der Waals surface area (Å²) in [4.78, 5) is 14.1. The maximum atomic E-state index is 11.8. The molecule has 0 aromatic rings. The molecular weight excluding hydrogens is 226 g/mol. The summed E-state index contributed by atoms with van der Waals surface area (Å²) >= 11 is 0. The normalized spacial score (nSPS) is 39.7. The molecule has 0 bridgehead atoms. The van der Waals surface area contributed by atoms with Gasteiger partial charge in [0.1, 0.15) is 5.54 Å². The van der Waals surface area contributed by atoms with Crippen LogP contribution in [0.2, 0.25) is 0 Å². The molecule has 1 N–H and O–H groups in total. The van der Waals surface area contributed by atoms with Gasteiger partial charge >= 0.3 is 5.97 Å². The zero-order chi connectivity index (χ0) is 12.8. The van der Waals surface area contributed by atoms with Crippen LogP contribution in [0.4, 0.5) is 0 Å². The second-order valence-electron chi connectivity index (χ2n) is 7.08. The van der Waals surface area contributed by atoms with Crippen molar-refractivity contribution in [2.45, 2.75) is 63.8 Å². The molecule has 0 radical (unpaired) electrons. The number of carbonyl (C=O) groups is 1. The van der Waals surface area contributed by atoms with E-state index in [1.165, 1.54) is 25.7 Å². The predicted molar refractivity (Wildman–Crippen MR) is 70.5 cm³/mol. The van der Waals surface area contributed by atoms with Crippen LogP contribution in [-0.2, 0) is 4.79 Å². The number of rotatable bonds is 2. The molecule has 0 atom stereocenters. The number of hydrogen-bond donors (Lipinski definition) is 1. The Morgan fingerprint density at radius 1 is 1.11 bits per heavy atom. The average molecular weight is 251 g/mol. The number of likely N-dealkylation sites (tertiary alicyclic amines) is 1. The summed E-state index contributed by atoms with van der Waals surface area (Å²) in [6.45, 7) is 4.35. The monoisotopic (exact) mass is 251 g/mol. The van der Waals surface area contributed by atoms with Crippen molar-refractivity contribution in [1.29, 1.82) is 0 Å². The van der Waals surface area contributed by atoms with E-state index in [2.05, 4.69) is 11.8 Å². The van der Waals surface area contributed by atoms with Gasteiger partial charge in [0.25, 0.3) is 0 Å². The molecule has 3 aliphatic rings. The molecule has 1 spiro atoms. The number of carboxylic acids is 1. The first kappa shape index (κ1) is 12.5. The van der Waals surface area contributed by atoms with Crippen molar-refractivity contribution >= 4 is 5.97 Å². The summed E-state index contributed by atoms with van der Waals surface area (Å²) in [5, 5.41) is 9.70. The van der Waals surface area contributed by atoms with Gasteiger partial charge in [-0.3, -0.25) is 9.69 Å². The van der Waals surface area contributed by atoms with Gasteiger partial charge in [0.15, 0.2) is 0 Å². The van der Waals surface area contributed by atoms with Crippen molar-refractivity contribution < 1.29 is 9.90 Å². The zero-order valence-electron chi connectivity index (χ0n) is 11.5. The fourth-order valence-corrected chi connectivity index (χ4v) is 4.41. The summed E-state index contributed by atoms with van der Waals surface area (Å²) in [7, 11) is 0. The molecule has 2 aliphatic carbocycles. The molecule has 3 heteroatoms.